The monoisotopic (exact) mass is 446 g/mol. The van der Waals surface area contributed by atoms with Gasteiger partial charge in [0.2, 0.25) is 15.9 Å². The molecule has 0 aliphatic rings. The van der Waals surface area contributed by atoms with Gasteiger partial charge in [-0.25, -0.2) is 13.1 Å². The third-order valence-corrected chi connectivity index (χ3v) is 6.70. The van der Waals surface area contributed by atoms with Crippen molar-refractivity contribution in [2.75, 3.05) is 17.6 Å². The van der Waals surface area contributed by atoms with E-state index in [0.717, 1.165) is 5.56 Å². The van der Waals surface area contributed by atoms with Crippen molar-refractivity contribution in [3.05, 3.63) is 58.1 Å². The Kier molecular flexibility index (Phi) is 8.44. The summed E-state index contributed by atoms with van der Waals surface area (Å²) in [7, 11) is -3.51. The lowest BCUT2D eigenvalue weighted by atomic mass is 10.2. The summed E-state index contributed by atoms with van der Waals surface area (Å²) in [6.07, 6.45) is 0.716. The molecule has 5 nitrogen and oxygen atoms in total. The van der Waals surface area contributed by atoms with Crippen molar-refractivity contribution in [2.45, 2.75) is 24.0 Å². The fraction of sp³-hybridized carbons (Fsp3) is 0.278. The summed E-state index contributed by atoms with van der Waals surface area (Å²) in [6, 6.07) is 11.5. The molecule has 0 atom stereocenters. The molecule has 2 N–H and O–H groups in total. The number of amides is 1. The van der Waals surface area contributed by atoms with E-state index in [2.05, 4.69) is 10.0 Å². The molecule has 27 heavy (non-hydrogen) atoms. The molecule has 0 spiro atoms. The predicted molar refractivity (Wildman–Crippen MR) is 113 cm³/mol. The van der Waals surface area contributed by atoms with Gasteiger partial charge in [0.15, 0.2) is 0 Å². The molecule has 0 saturated heterocycles. The SMILES string of the molecule is CCCNS(=O)(=O)c1ccc(NC(=O)CSCc2ccc(Cl)c(Cl)c2)cc1. The molecule has 0 aromatic heterocycles. The Morgan fingerprint density at radius 3 is 2.41 bits per heavy atom. The number of hydrogen-bond acceptors (Lipinski definition) is 4. The average Bonchev–Trinajstić information content (AvgIpc) is 2.63. The van der Waals surface area contributed by atoms with Crippen LogP contribution in [0.3, 0.4) is 0 Å². The Morgan fingerprint density at radius 2 is 1.78 bits per heavy atom. The van der Waals surface area contributed by atoms with Gasteiger partial charge in [0.05, 0.1) is 20.7 Å². The molecule has 0 bridgehead atoms. The van der Waals surface area contributed by atoms with Crippen LogP contribution in [0.25, 0.3) is 0 Å². The third-order valence-electron chi connectivity index (χ3n) is 3.48. The molecule has 9 heteroatoms. The molecule has 1 amide bonds. The molecular weight excluding hydrogens is 427 g/mol. The Morgan fingerprint density at radius 1 is 1.07 bits per heavy atom. The summed E-state index contributed by atoms with van der Waals surface area (Å²) < 4.78 is 26.6. The second-order valence-electron chi connectivity index (χ2n) is 5.71. The summed E-state index contributed by atoms with van der Waals surface area (Å²) in [5, 5.41) is 3.74. The molecule has 0 saturated carbocycles. The smallest absolute Gasteiger partial charge is 0.240 e. The molecule has 0 unspecified atom stereocenters. The van der Waals surface area contributed by atoms with Crippen molar-refractivity contribution in [1.82, 2.24) is 4.72 Å². The number of sulfonamides is 1. The minimum absolute atomic E-state index is 0.167. The Labute approximate surface area is 173 Å². The highest BCUT2D eigenvalue weighted by atomic mass is 35.5. The lowest BCUT2D eigenvalue weighted by Gasteiger charge is -2.08. The topological polar surface area (TPSA) is 75.3 Å². The van der Waals surface area contributed by atoms with E-state index in [-0.39, 0.29) is 16.6 Å². The highest BCUT2D eigenvalue weighted by Gasteiger charge is 2.13. The van der Waals surface area contributed by atoms with Crippen molar-refractivity contribution in [3.63, 3.8) is 0 Å². The van der Waals surface area contributed by atoms with Crippen molar-refractivity contribution in [3.8, 4) is 0 Å². The number of benzene rings is 2. The van der Waals surface area contributed by atoms with E-state index in [1.165, 1.54) is 23.9 Å². The minimum atomic E-state index is -3.51. The van der Waals surface area contributed by atoms with E-state index in [9.17, 15) is 13.2 Å². The molecule has 0 heterocycles. The van der Waals surface area contributed by atoms with Gasteiger partial charge in [-0.15, -0.1) is 11.8 Å². The summed E-state index contributed by atoms with van der Waals surface area (Å²) in [6.45, 7) is 2.28. The Bertz CT molecular complexity index is 888. The highest BCUT2D eigenvalue weighted by Crippen LogP contribution is 2.24. The first-order valence-electron chi connectivity index (χ1n) is 8.23. The van der Waals surface area contributed by atoms with Crippen LogP contribution in [0.1, 0.15) is 18.9 Å². The average molecular weight is 447 g/mol. The summed E-state index contributed by atoms with van der Waals surface area (Å²) >= 11 is 13.3. The third kappa shape index (κ3) is 7.01. The van der Waals surface area contributed by atoms with Gasteiger partial charge in [0.1, 0.15) is 0 Å². The summed E-state index contributed by atoms with van der Waals surface area (Å²) in [4.78, 5) is 12.2. The number of carbonyl (C=O) groups excluding carboxylic acids is 1. The number of halogens is 2. The second-order valence-corrected chi connectivity index (χ2v) is 9.28. The number of nitrogens with one attached hydrogen (secondary N) is 2. The largest absolute Gasteiger partial charge is 0.325 e. The fourth-order valence-electron chi connectivity index (χ4n) is 2.13. The lowest BCUT2D eigenvalue weighted by molar-refractivity contribution is -0.113. The van der Waals surface area contributed by atoms with Gasteiger partial charge in [-0.1, -0.05) is 36.2 Å². The van der Waals surface area contributed by atoms with Gasteiger partial charge < -0.3 is 5.32 Å². The quantitative estimate of drug-likeness (QED) is 0.591. The second kappa shape index (κ2) is 10.3. The molecule has 0 aliphatic heterocycles. The minimum Gasteiger partial charge on any atom is -0.325 e. The standard InChI is InChI=1S/C18H20Cl2N2O3S2/c1-2-9-21-27(24,25)15-6-4-14(5-7-15)22-18(23)12-26-11-13-3-8-16(19)17(20)10-13/h3-8,10,21H,2,9,11-12H2,1H3,(H,22,23). The van der Waals surface area contributed by atoms with E-state index in [1.54, 1.807) is 24.3 Å². The van der Waals surface area contributed by atoms with Gasteiger partial charge in [0.25, 0.3) is 0 Å². The van der Waals surface area contributed by atoms with Crippen molar-refractivity contribution in [2.24, 2.45) is 0 Å². The van der Waals surface area contributed by atoms with Crippen LogP contribution in [0.4, 0.5) is 5.69 Å². The van der Waals surface area contributed by atoms with Gasteiger partial charge in [-0.05, 0) is 48.4 Å². The van der Waals surface area contributed by atoms with Crippen LogP contribution in [0.15, 0.2) is 47.4 Å². The Hall–Kier alpha value is -1.25. The molecule has 0 radical (unpaired) electrons. The zero-order chi connectivity index (χ0) is 19.9. The first-order valence-corrected chi connectivity index (χ1v) is 11.6. The van der Waals surface area contributed by atoms with E-state index in [1.807, 2.05) is 13.0 Å². The lowest BCUT2D eigenvalue weighted by Crippen LogP contribution is -2.24. The maximum absolute atomic E-state index is 12.0. The normalized spacial score (nSPS) is 11.4. The van der Waals surface area contributed by atoms with Crippen molar-refractivity contribution < 1.29 is 13.2 Å². The maximum Gasteiger partial charge on any atom is 0.240 e. The van der Waals surface area contributed by atoms with Crippen LogP contribution in [0.2, 0.25) is 10.0 Å². The van der Waals surface area contributed by atoms with Crippen LogP contribution in [-0.2, 0) is 20.6 Å². The highest BCUT2D eigenvalue weighted by molar-refractivity contribution is 7.99. The first kappa shape index (κ1) is 22.0. The van der Waals surface area contributed by atoms with Crippen LogP contribution in [0.5, 0.6) is 0 Å². The number of carbonyl (C=O) groups is 1. The first-order chi connectivity index (χ1) is 12.8. The van der Waals surface area contributed by atoms with E-state index >= 15 is 0 Å². The van der Waals surface area contributed by atoms with E-state index < -0.39 is 10.0 Å². The molecule has 2 aromatic carbocycles. The number of rotatable bonds is 9. The maximum atomic E-state index is 12.0. The van der Waals surface area contributed by atoms with Gasteiger partial charge >= 0.3 is 0 Å². The molecule has 2 rings (SSSR count). The van der Waals surface area contributed by atoms with Crippen LogP contribution < -0.4 is 10.0 Å². The predicted octanol–water partition coefficient (Wildman–Crippen LogP) is 4.55. The van der Waals surface area contributed by atoms with Crippen LogP contribution >= 0.6 is 35.0 Å². The summed E-state index contributed by atoms with van der Waals surface area (Å²) in [5.74, 6) is 0.725. The Balaban J connectivity index is 1.84. The molecule has 2 aromatic rings. The van der Waals surface area contributed by atoms with E-state index in [0.29, 0.717) is 34.5 Å². The molecule has 146 valence electrons. The number of anilines is 1. The van der Waals surface area contributed by atoms with Crippen molar-refractivity contribution in [1.29, 1.82) is 0 Å². The van der Waals surface area contributed by atoms with Gasteiger partial charge in [-0.3, -0.25) is 4.79 Å². The zero-order valence-electron chi connectivity index (χ0n) is 14.7. The van der Waals surface area contributed by atoms with Gasteiger partial charge in [0, 0.05) is 18.0 Å². The number of hydrogen-bond donors (Lipinski definition) is 2. The van der Waals surface area contributed by atoms with Gasteiger partial charge in [-0.2, -0.15) is 0 Å². The zero-order valence-corrected chi connectivity index (χ0v) is 17.8. The van der Waals surface area contributed by atoms with E-state index in [4.69, 9.17) is 23.2 Å². The van der Waals surface area contributed by atoms with Crippen LogP contribution in [-0.4, -0.2) is 26.6 Å². The van der Waals surface area contributed by atoms with Crippen LogP contribution in [0, 0.1) is 0 Å². The molecule has 0 aliphatic carbocycles. The molecule has 0 fully saturated rings. The fourth-order valence-corrected chi connectivity index (χ4v) is 4.35. The summed E-state index contributed by atoms with van der Waals surface area (Å²) in [5.41, 5.74) is 1.53. The molecular formula is C18H20Cl2N2O3S2. The van der Waals surface area contributed by atoms with Crippen molar-refractivity contribution >= 4 is 56.6 Å². The number of thioether (sulfide) groups is 1.